The number of hydrogen-bond donors (Lipinski definition) is 1. The zero-order valence-electron chi connectivity index (χ0n) is 14.7. The molecule has 2 aromatic rings. The topological polar surface area (TPSA) is 58.7 Å². The van der Waals surface area contributed by atoms with Gasteiger partial charge in [-0.25, -0.2) is 0 Å². The molecule has 0 bridgehead atoms. The van der Waals surface area contributed by atoms with E-state index < -0.39 is 6.10 Å². The maximum atomic E-state index is 10.4. The summed E-state index contributed by atoms with van der Waals surface area (Å²) in [4.78, 5) is 2.26. The van der Waals surface area contributed by atoms with Gasteiger partial charge in [0, 0.05) is 12.6 Å². The van der Waals surface area contributed by atoms with Crippen molar-refractivity contribution in [3.63, 3.8) is 0 Å². The van der Waals surface area contributed by atoms with Gasteiger partial charge in [-0.3, -0.25) is 4.90 Å². The van der Waals surface area contributed by atoms with Gasteiger partial charge in [-0.1, -0.05) is 11.2 Å². The standard InChI is InChI=1S/C19H26N2O3/c1-13-7-14(2)9-17(8-13)23-12-16(22)11-21-6-4-5-18(21)19-10-15(3)20-24-19/h7-10,16,18,22H,4-6,11-12H2,1-3H3/t16-,18-/m1/s1. The summed E-state index contributed by atoms with van der Waals surface area (Å²) in [5, 5.41) is 14.3. The van der Waals surface area contributed by atoms with Gasteiger partial charge >= 0.3 is 0 Å². The third-order valence-corrected chi connectivity index (χ3v) is 4.42. The molecule has 0 saturated carbocycles. The first kappa shape index (κ1) is 17.0. The normalized spacial score (nSPS) is 19.6. The second-order valence-corrected chi connectivity index (χ2v) is 6.81. The van der Waals surface area contributed by atoms with Gasteiger partial charge in [0.25, 0.3) is 0 Å². The number of aliphatic hydroxyl groups excluding tert-OH is 1. The van der Waals surface area contributed by atoms with Crippen LogP contribution in [0, 0.1) is 20.8 Å². The Morgan fingerprint density at radius 3 is 2.67 bits per heavy atom. The molecule has 0 spiro atoms. The lowest BCUT2D eigenvalue weighted by Gasteiger charge is -2.25. The van der Waals surface area contributed by atoms with Gasteiger partial charge in [-0.15, -0.1) is 0 Å². The van der Waals surface area contributed by atoms with Crippen molar-refractivity contribution in [3.8, 4) is 5.75 Å². The Labute approximate surface area is 143 Å². The average molecular weight is 330 g/mol. The van der Waals surface area contributed by atoms with Crippen molar-refractivity contribution in [2.75, 3.05) is 19.7 Å². The summed E-state index contributed by atoms with van der Waals surface area (Å²) >= 11 is 0. The van der Waals surface area contributed by atoms with Crippen molar-refractivity contribution in [1.29, 1.82) is 0 Å². The average Bonchev–Trinajstić information content (AvgIpc) is 3.13. The van der Waals surface area contributed by atoms with Gasteiger partial charge in [0.05, 0.1) is 11.7 Å². The molecule has 1 saturated heterocycles. The number of aromatic nitrogens is 1. The van der Waals surface area contributed by atoms with Crippen LogP contribution in [0.5, 0.6) is 5.75 Å². The third kappa shape index (κ3) is 4.16. The highest BCUT2D eigenvalue weighted by atomic mass is 16.5. The van der Waals surface area contributed by atoms with E-state index >= 15 is 0 Å². The maximum absolute atomic E-state index is 10.4. The van der Waals surface area contributed by atoms with Crippen molar-refractivity contribution in [2.45, 2.75) is 45.8 Å². The molecule has 1 N–H and O–H groups in total. The summed E-state index contributed by atoms with van der Waals surface area (Å²) in [6.45, 7) is 7.86. The Hall–Kier alpha value is -1.85. The minimum absolute atomic E-state index is 0.210. The summed E-state index contributed by atoms with van der Waals surface area (Å²) in [6, 6.07) is 8.30. The summed E-state index contributed by atoms with van der Waals surface area (Å²) in [5.74, 6) is 1.71. The number of benzene rings is 1. The molecule has 0 amide bonds. The number of aryl methyl sites for hydroxylation is 3. The molecule has 2 atom stereocenters. The van der Waals surface area contributed by atoms with Gasteiger partial charge in [-0.2, -0.15) is 0 Å². The predicted octanol–water partition coefficient (Wildman–Crippen LogP) is 3.18. The Kier molecular flexibility index (Phi) is 5.21. The molecule has 3 rings (SSSR count). The summed E-state index contributed by atoms with van der Waals surface area (Å²) < 4.78 is 11.2. The van der Waals surface area contributed by atoms with E-state index in [0.29, 0.717) is 13.2 Å². The van der Waals surface area contributed by atoms with E-state index in [1.807, 2.05) is 39.0 Å². The zero-order chi connectivity index (χ0) is 17.1. The second kappa shape index (κ2) is 7.36. The Balaban J connectivity index is 1.55. The highest BCUT2D eigenvalue weighted by Gasteiger charge is 2.30. The third-order valence-electron chi connectivity index (χ3n) is 4.42. The first-order valence-corrected chi connectivity index (χ1v) is 8.57. The van der Waals surface area contributed by atoms with Crippen LogP contribution < -0.4 is 4.74 Å². The lowest BCUT2D eigenvalue weighted by atomic mass is 10.1. The van der Waals surface area contributed by atoms with E-state index in [9.17, 15) is 5.11 Å². The first-order valence-electron chi connectivity index (χ1n) is 8.57. The van der Waals surface area contributed by atoms with E-state index in [1.54, 1.807) is 0 Å². The quantitative estimate of drug-likeness (QED) is 0.881. The van der Waals surface area contributed by atoms with Crippen LogP contribution in [0.25, 0.3) is 0 Å². The minimum Gasteiger partial charge on any atom is -0.491 e. The summed E-state index contributed by atoms with van der Waals surface area (Å²) in [7, 11) is 0. The number of β-amino-alcohol motifs (C(OH)–C–C–N with tert-alkyl or cyclic N) is 1. The predicted molar refractivity (Wildman–Crippen MR) is 92.2 cm³/mol. The lowest BCUT2D eigenvalue weighted by Crippen LogP contribution is -2.35. The van der Waals surface area contributed by atoms with Crippen LogP contribution >= 0.6 is 0 Å². The molecule has 130 valence electrons. The Morgan fingerprint density at radius 1 is 1.25 bits per heavy atom. The van der Waals surface area contributed by atoms with Crippen molar-refractivity contribution >= 4 is 0 Å². The molecule has 0 unspecified atom stereocenters. The molecule has 24 heavy (non-hydrogen) atoms. The number of ether oxygens (including phenoxy) is 1. The molecule has 1 aliphatic rings. The maximum Gasteiger partial charge on any atom is 0.154 e. The smallest absolute Gasteiger partial charge is 0.154 e. The number of hydrogen-bond acceptors (Lipinski definition) is 5. The fourth-order valence-electron chi connectivity index (χ4n) is 3.44. The van der Waals surface area contributed by atoms with Crippen LogP contribution in [-0.2, 0) is 0 Å². The highest BCUT2D eigenvalue weighted by Crippen LogP contribution is 2.32. The van der Waals surface area contributed by atoms with E-state index in [2.05, 4.69) is 16.1 Å². The molecule has 0 radical (unpaired) electrons. The summed E-state index contributed by atoms with van der Waals surface area (Å²) in [6.07, 6.45) is 1.62. The molecule has 2 heterocycles. The first-order chi connectivity index (χ1) is 11.5. The van der Waals surface area contributed by atoms with Crippen LogP contribution in [0.3, 0.4) is 0 Å². The van der Waals surface area contributed by atoms with E-state index in [4.69, 9.17) is 9.26 Å². The largest absolute Gasteiger partial charge is 0.491 e. The van der Waals surface area contributed by atoms with Gasteiger partial charge in [-0.05, 0) is 63.4 Å². The number of nitrogens with zero attached hydrogens (tertiary/aromatic N) is 2. The van der Waals surface area contributed by atoms with Crippen molar-refractivity contribution in [3.05, 3.63) is 46.8 Å². The molecular formula is C19H26N2O3. The highest BCUT2D eigenvalue weighted by molar-refractivity contribution is 5.33. The minimum atomic E-state index is -0.532. The van der Waals surface area contributed by atoms with E-state index in [-0.39, 0.29) is 6.04 Å². The Morgan fingerprint density at radius 2 is 2.00 bits per heavy atom. The molecule has 1 aliphatic heterocycles. The van der Waals surface area contributed by atoms with Crippen LogP contribution in [0.2, 0.25) is 0 Å². The zero-order valence-corrected chi connectivity index (χ0v) is 14.7. The monoisotopic (exact) mass is 330 g/mol. The molecule has 1 fully saturated rings. The summed E-state index contributed by atoms with van der Waals surface area (Å²) in [5.41, 5.74) is 3.23. The van der Waals surface area contributed by atoms with Crippen LogP contribution in [0.15, 0.2) is 28.8 Å². The molecule has 5 heteroatoms. The van der Waals surface area contributed by atoms with Crippen molar-refractivity contribution < 1.29 is 14.4 Å². The van der Waals surface area contributed by atoms with Crippen molar-refractivity contribution in [2.24, 2.45) is 0 Å². The van der Waals surface area contributed by atoms with E-state index in [1.165, 1.54) is 11.1 Å². The fraction of sp³-hybridized carbons (Fsp3) is 0.526. The van der Waals surface area contributed by atoms with Crippen LogP contribution in [0.1, 0.15) is 41.5 Å². The molecular weight excluding hydrogens is 304 g/mol. The SMILES string of the molecule is Cc1cc(C)cc(OC[C@H](O)CN2CCC[C@@H]2c2cc(C)no2)c1. The molecule has 1 aromatic heterocycles. The lowest BCUT2D eigenvalue weighted by molar-refractivity contribution is 0.0597. The second-order valence-electron chi connectivity index (χ2n) is 6.81. The Bertz CT molecular complexity index is 663. The number of likely N-dealkylation sites (tertiary alicyclic amines) is 1. The van der Waals surface area contributed by atoms with Gasteiger partial charge in [0.15, 0.2) is 5.76 Å². The van der Waals surface area contributed by atoms with Gasteiger partial charge in [0.1, 0.15) is 18.5 Å². The van der Waals surface area contributed by atoms with Crippen molar-refractivity contribution in [1.82, 2.24) is 10.1 Å². The van der Waals surface area contributed by atoms with Gasteiger partial charge in [0.2, 0.25) is 0 Å². The van der Waals surface area contributed by atoms with E-state index in [0.717, 1.165) is 36.6 Å². The molecule has 0 aliphatic carbocycles. The van der Waals surface area contributed by atoms with Gasteiger partial charge < -0.3 is 14.4 Å². The number of rotatable bonds is 6. The van der Waals surface area contributed by atoms with Crippen LogP contribution in [-0.4, -0.2) is 41.0 Å². The van der Waals surface area contributed by atoms with Crippen LogP contribution in [0.4, 0.5) is 0 Å². The molecule has 5 nitrogen and oxygen atoms in total. The molecule has 1 aromatic carbocycles. The number of aliphatic hydroxyl groups is 1. The fourth-order valence-corrected chi connectivity index (χ4v) is 3.44.